The molecule has 0 aliphatic carbocycles. The largest absolute Gasteiger partial charge is 0.279 e. The average molecular weight is 246 g/mol. The zero-order chi connectivity index (χ0) is 12.3. The van der Waals surface area contributed by atoms with Crippen molar-refractivity contribution in [1.29, 1.82) is 0 Å². The van der Waals surface area contributed by atoms with Gasteiger partial charge in [0.2, 0.25) is 0 Å². The molecule has 0 heterocycles. The summed E-state index contributed by atoms with van der Waals surface area (Å²) in [5, 5.41) is 0. The first-order valence-electron chi connectivity index (χ1n) is 4.79. The SMILES string of the molecule is CC(NS(=O)(=O)N(C)C)c1ccccc1F. The van der Waals surface area contributed by atoms with Crippen LogP contribution < -0.4 is 4.72 Å². The monoisotopic (exact) mass is 246 g/mol. The maximum Gasteiger partial charge on any atom is 0.279 e. The van der Waals surface area contributed by atoms with Gasteiger partial charge >= 0.3 is 0 Å². The molecule has 1 aromatic carbocycles. The fraction of sp³-hybridized carbons (Fsp3) is 0.400. The summed E-state index contributed by atoms with van der Waals surface area (Å²) in [6.45, 7) is 1.60. The van der Waals surface area contributed by atoms with Crippen LogP contribution >= 0.6 is 0 Å². The number of nitrogens with zero attached hydrogens (tertiary/aromatic N) is 1. The first-order valence-corrected chi connectivity index (χ1v) is 6.23. The average Bonchev–Trinajstić information content (AvgIpc) is 2.17. The molecule has 1 rings (SSSR count). The summed E-state index contributed by atoms with van der Waals surface area (Å²) in [7, 11) is -0.719. The Labute approximate surface area is 95.3 Å². The van der Waals surface area contributed by atoms with Crippen molar-refractivity contribution in [3.63, 3.8) is 0 Å². The van der Waals surface area contributed by atoms with Gasteiger partial charge in [-0.2, -0.15) is 17.4 Å². The van der Waals surface area contributed by atoms with Crippen LogP contribution in [0.15, 0.2) is 24.3 Å². The second-order valence-corrected chi connectivity index (χ2v) is 5.56. The highest BCUT2D eigenvalue weighted by Gasteiger charge is 2.19. The minimum atomic E-state index is -3.55. The summed E-state index contributed by atoms with van der Waals surface area (Å²) in [5.41, 5.74) is 0.327. The van der Waals surface area contributed by atoms with E-state index < -0.39 is 22.1 Å². The van der Waals surface area contributed by atoms with Gasteiger partial charge in [-0.05, 0) is 13.0 Å². The second kappa shape index (κ2) is 4.90. The number of nitrogens with one attached hydrogen (secondary N) is 1. The van der Waals surface area contributed by atoms with E-state index >= 15 is 0 Å². The van der Waals surface area contributed by atoms with Crippen molar-refractivity contribution in [2.24, 2.45) is 0 Å². The van der Waals surface area contributed by atoms with E-state index in [0.29, 0.717) is 5.56 Å². The summed E-state index contributed by atoms with van der Waals surface area (Å²) >= 11 is 0. The zero-order valence-corrected chi connectivity index (χ0v) is 10.3. The van der Waals surface area contributed by atoms with E-state index in [1.807, 2.05) is 0 Å². The molecule has 0 saturated carbocycles. The van der Waals surface area contributed by atoms with Crippen molar-refractivity contribution in [2.75, 3.05) is 14.1 Å². The van der Waals surface area contributed by atoms with Crippen molar-refractivity contribution < 1.29 is 12.8 Å². The van der Waals surface area contributed by atoms with Crippen molar-refractivity contribution in [2.45, 2.75) is 13.0 Å². The van der Waals surface area contributed by atoms with Crippen LogP contribution in [0.1, 0.15) is 18.5 Å². The van der Waals surface area contributed by atoms with Gasteiger partial charge in [-0.25, -0.2) is 4.39 Å². The number of halogens is 1. The predicted molar refractivity (Wildman–Crippen MR) is 60.6 cm³/mol. The van der Waals surface area contributed by atoms with Gasteiger partial charge in [0.15, 0.2) is 0 Å². The number of benzene rings is 1. The molecule has 6 heteroatoms. The van der Waals surface area contributed by atoms with Crippen molar-refractivity contribution in [3.05, 3.63) is 35.6 Å². The molecule has 0 fully saturated rings. The Hall–Kier alpha value is -0.980. The van der Waals surface area contributed by atoms with E-state index in [1.165, 1.54) is 20.2 Å². The Kier molecular flexibility index (Phi) is 4.01. The summed E-state index contributed by atoms with van der Waals surface area (Å²) in [6, 6.07) is 5.48. The van der Waals surface area contributed by atoms with Crippen molar-refractivity contribution in [1.82, 2.24) is 9.03 Å². The lowest BCUT2D eigenvalue weighted by atomic mass is 10.1. The minimum absolute atomic E-state index is 0.327. The normalized spacial score (nSPS) is 14.1. The highest BCUT2D eigenvalue weighted by molar-refractivity contribution is 7.87. The standard InChI is InChI=1S/C10H15FN2O2S/c1-8(12-16(14,15)13(2)3)9-6-4-5-7-10(9)11/h4-8,12H,1-3H3. The van der Waals surface area contributed by atoms with E-state index in [-0.39, 0.29) is 0 Å². The smallest absolute Gasteiger partial charge is 0.207 e. The van der Waals surface area contributed by atoms with Gasteiger partial charge in [-0.1, -0.05) is 18.2 Å². The van der Waals surface area contributed by atoms with Crippen LogP contribution in [-0.4, -0.2) is 26.8 Å². The summed E-state index contributed by atoms with van der Waals surface area (Å²) in [6.07, 6.45) is 0. The molecular weight excluding hydrogens is 231 g/mol. The Morgan fingerprint density at radius 3 is 2.38 bits per heavy atom. The second-order valence-electron chi connectivity index (χ2n) is 3.65. The quantitative estimate of drug-likeness (QED) is 0.870. The first kappa shape index (κ1) is 13.1. The van der Waals surface area contributed by atoms with E-state index in [4.69, 9.17) is 0 Å². The van der Waals surface area contributed by atoms with Crippen LogP contribution in [0, 0.1) is 5.82 Å². The first-order chi connectivity index (χ1) is 7.34. The Morgan fingerprint density at radius 2 is 1.88 bits per heavy atom. The Bertz CT molecular complexity index is 460. The van der Waals surface area contributed by atoms with Crippen LogP contribution in [-0.2, 0) is 10.2 Å². The lowest BCUT2D eigenvalue weighted by Gasteiger charge is -2.18. The van der Waals surface area contributed by atoms with Crippen molar-refractivity contribution >= 4 is 10.2 Å². The van der Waals surface area contributed by atoms with Gasteiger partial charge in [0.05, 0.1) is 0 Å². The molecule has 0 bridgehead atoms. The molecule has 1 aromatic rings. The van der Waals surface area contributed by atoms with E-state index in [9.17, 15) is 12.8 Å². The van der Waals surface area contributed by atoms with Gasteiger partial charge < -0.3 is 0 Å². The maximum atomic E-state index is 13.4. The summed E-state index contributed by atoms with van der Waals surface area (Å²) in [4.78, 5) is 0. The van der Waals surface area contributed by atoms with Crippen molar-refractivity contribution in [3.8, 4) is 0 Å². The molecule has 0 aliphatic rings. The van der Waals surface area contributed by atoms with Crippen LogP contribution in [0.3, 0.4) is 0 Å². The molecule has 90 valence electrons. The topological polar surface area (TPSA) is 49.4 Å². The van der Waals surface area contributed by atoms with Crippen LogP contribution in [0.2, 0.25) is 0 Å². The zero-order valence-electron chi connectivity index (χ0n) is 9.44. The number of rotatable bonds is 4. The van der Waals surface area contributed by atoms with Crippen LogP contribution in [0.4, 0.5) is 4.39 Å². The van der Waals surface area contributed by atoms with Gasteiger partial charge in [0.25, 0.3) is 10.2 Å². The maximum absolute atomic E-state index is 13.4. The summed E-state index contributed by atoms with van der Waals surface area (Å²) < 4.78 is 39.8. The molecule has 0 saturated heterocycles. The number of hydrogen-bond donors (Lipinski definition) is 1. The van der Waals surface area contributed by atoms with Crippen LogP contribution in [0.5, 0.6) is 0 Å². The molecule has 0 aliphatic heterocycles. The number of hydrogen-bond acceptors (Lipinski definition) is 2. The molecule has 1 unspecified atom stereocenters. The Morgan fingerprint density at radius 1 is 1.31 bits per heavy atom. The summed E-state index contributed by atoms with van der Waals surface area (Å²) in [5.74, 6) is -0.420. The molecule has 1 N–H and O–H groups in total. The highest BCUT2D eigenvalue weighted by atomic mass is 32.2. The van der Waals surface area contributed by atoms with Crippen LogP contribution in [0.25, 0.3) is 0 Å². The fourth-order valence-corrected chi connectivity index (χ4v) is 2.00. The minimum Gasteiger partial charge on any atom is -0.207 e. The third-order valence-electron chi connectivity index (χ3n) is 2.18. The molecule has 16 heavy (non-hydrogen) atoms. The van der Waals surface area contributed by atoms with E-state index in [2.05, 4.69) is 4.72 Å². The van der Waals surface area contributed by atoms with Gasteiger partial charge in [0.1, 0.15) is 5.82 Å². The molecule has 0 amide bonds. The molecule has 1 atom stereocenters. The van der Waals surface area contributed by atoms with E-state index in [1.54, 1.807) is 25.1 Å². The van der Waals surface area contributed by atoms with E-state index in [0.717, 1.165) is 4.31 Å². The van der Waals surface area contributed by atoms with Gasteiger partial charge in [-0.3, -0.25) is 0 Å². The molecular formula is C10H15FN2O2S. The van der Waals surface area contributed by atoms with Gasteiger partial charge in [0, 0.05) is 25.7 Å². The fourth-order valence-electron chi connectivity index (χ4n) is 1.22. The molecule has 0 spiro atoms. The lowest BCUT2D eigenvalue weighted by molar-refractivity contribution is 0.490. The molecule has 0 aromatic heterocycles. The lowest BCUT2D eigenvalue weighted by Crippen LogP contribution is -2.37. The molecule has 4 nitrogen and oxygen atoms in total. The molecule has 0 radical (unpaired) electrons. The highest BCUT2D eigenvalue weighted by Crippen LogP contribution is 2.17. The third kappa shape index (κ3) is 3.01. The third-order valence-corrected chi connectivity index (χ3v) is 3.79. The Balaban J connectivity index is 2.89. The predicted octanol–water partition coefficient (Wildman–Crippen LogP) is 1.28. The van der Waals surface area contributed by atoms with Gasteiger partial charge in [-0.15, -0.1) is 0 Å².